The third-order valence-electron chi connectivity index (χ3n) is 2.29. The molecule has 0 heterocycles. The van der Waals surface area contributed by atoms with Crippen LogP contribution in [0, 0.1) is 0 Å². The molecule has 0 spiro atoms. The maximum absolute atomic E-state index is 12.2. The minimum atomic E-state index is -3.61. The van der Waals surface area contributed by atoms with E-state index in [1.165, 1.54) is 11.4 Å². The summed E-state index contributed by atoms with van der Waals surface area (Å²) in [6.45, 7) is 5.34. The molecule has 0 bridgehead atoms. The number of nitrogens with two attached hydrogens (primary N) is 1. The first-order chi connectivity index (χ1) is 8.53. The molecule has 0 saturated carbocycles. The minimum absolute atomic E-state index is 0.233. The van der Waals surface area contributed by atoms with Crippen molar-refractivity contribution in [1.29, 1.82) is 0 Å². The van der Waals surface area contributed by atoms with Crippen molar-refractivity contribution in [3.8, 4) is 0 Å². The Bertz CT molecular complexity index is 577. The lowest BCUT2D eigenvalue weighted by Gasteiger charge is -2.26. The molecular weight excluding hydrogens is 282 g/mol. The van der Waals surface area contributed by atoms with Crippen LogP contribution in [0.1, 0.15) is 26.3 Å². The van der Waals surface area contributed by atoms with Crippen molar-refractivity contribution in [3.63, 3.8) is 0 Å². The van der Waals surface area contributed by atoms with Crippen LogP contribution < -0.4 is 14.8 Å². The van der Waals surface area contributed by atoms with Crippen LogP contribution in [0.4, 0.5) is 5.69 Å². The van der Waals surface area contributed by atoms with Crippen molar-refractivity contribution in [2.75, 3.05) is 11.4 Å². The lowest BCUT2D eigenvalue weighted by molar-refractivity contribution is 0.490. The van der Waals surface area contributed by atoms with Crippen molar-refractivity contribution in [3.05, 3.63) is 29.8 Å². The second-order valence-corrected chi connectivity index (χ2v) is 7.38. The van der Waals surface area contributed by atoms with Crippen LogP contribution in [0.25, 0.3) is 0 Å². The summed E-state index contributed by atoms with van der Waals surface area (Å²) in [6.07, 6.45) is 0. The normalized spacial score (nSPS) is 12.2. The first kappa shape index (κ1) is 15.9. The third-order valence-corrected chi connectivity index (χ3v) is 4.33. The van der Waals surface area contributed by atoms with Crippen LogP contribution in [-0.2, 0) is 10.2 Å². The molecule has 1 aromatic rings. The monoisotopic (exact) mass is 301 g/mol. The number of hydrogen-bond acceptors (Lipinski definition) is 3. The van der Waals surface area contributed by atoms with E-state index in [-0.39, 0.29) is 4.99 Å². The Labute approximate surface area is 120 Å². The number of benzene rings is 1. The third kappa shape index (κ3) is 4.45. The van der Waals surface area contributed by atoms with Crippen LogP contribution in [0.2, 0.25) is 0 Å². The van der Waals surface area contributed by atoms with Gasteiger partial charge in [0.05, 0.1) is 5.69 Å². The summed E-state index contributed by atoms with van der Waals surface area (Å²) in [6, 6.07) is 6.78. The van der Waals surface area contributed by atoms with Gasteiger partial charge in [-0.3, -0.25) is 4.31 Å². The molecule has 0 fully saturated rings. The number of thiocarbonyl (C=S) groups is 1. The predicted octanol–water partition coefficient (Wildman–Crippen LogP) is 1.39. The topological polar surface area (TPSA) is 75.4 Å². The van der Waals surface area contributed by atoms with Crippen molar-refractivity contribution < 1.29 is 8.42 Å². The van der Waals surface area contributed by atoms with Gasteiger partial charge in [-0.25, -0.2) is 0 Å². The van der Waals surface area contributed by atoms with Crippen molar-refractivity contribution >= 4 is 33.1 Å². The maximum Gasteiger partial charge on any atom is 0.301 e. The van der Waals surface area contributed by atoms with Gasteiger partial charge in [-0.1, -0.05) is 24.4 Å². The number of nitrogens with zero attached hydrogens (tertiary/aromatic N) is 1. The summed E-state index contributed by atoms with van der Waals surface area (Å²) < 4.78 is 28.1. The van der Waals surface area contributed by atoms with Gasteiger partial charge in [-0.2, -0.15) is 13.1 Å². The zero-order valence-electron chi connectivity index (χ0n) is 11.5. The molecule has 106 valence electrons. The Morgan fingerprint density at radius 3 is 2.42 bits per heavy atom. The molecule has 0 aliphatic rings. The number of nitrogens with one attached hydrogen (secondary N) is 1. The summed E-state index contributed by atoms with van der Waals surface area (Å²) in [5.74, 6) is 0. The molecule has 3 N–H and O–H groups in total. The van der Waals surface area contributed by atoms with Crippen molar-refractivity contribution in [1.82, 2.24) is 4.72 Å². The summed E-state index contributed by atoms with van der Waals surface area (Å²) >= 11 is 4.88. The highest BCUT2D eigenvalue weighted by Crippen LogP contribution is 2.18. The second-order valence-electron chi connectivity index (χ2n) is 5.24. The minimum Gasteiger partial charge on any atom is -0.389 e. The first-order valence-corrected chi connectivity index (χ1v) is 7.55. The van der Waals surface area contributed by atoms with E-state index in [1.54, 1.807) is 45.0 Å². The molecule has 5 nitrogen and oxygen atoms in total. The molecule has 0 radical (unpaired) electrons. The summed E-state index contributed by atoms with van der Waals surface area (Å²) in [7, 11) is -2.14. The van der Waals surface area contributed by atoms with Gasteiger partial charge in [0.25, 0.3) is 0 Å². The standard InChI is InChI=1S/C12H19N3O2S2/c1-12(2,3)14-19(16,17)15(4)10-7-5-6-9(8-10)11(13)18/h5-8,14H,1-4H3,(H2,13,18). The fourth-order valence-electron chi connectivity index (χ4n) is 1.45. The molecule has 7 heteroatoms. The Morgan fingerprint density at radius 1 is 1.37 bits per heavy atom. The quantitative estimate of drug-likeness (QED) is 0.824. The van der Waals surface area contributed by atoms with E-state index in [1.807, 2.05) is 0 Å². The average Bonchev–Trinajstić information content (AvgIpc) is 2.25. The van der Waals surface area contributed by atoms with E-state index in [4.69, 9.17) is 18.0 Å². The molecule has 0 aliphatic carbocycles. The molecule has 0 atom stereocenters. The van der Waals surface area contributed by atoms with Crippen LogP contribution in [-0.4, -0.2) is 26.0 Å². The highest BCUT2D eigenvalue weighted by molar-refractivity contribution is 7.90. The van der Waals surface area contributed by atoms with Crippen molar-refractivity contribution in [2.24, 2.45) is 5.73 Å². The molecule has 1 aromatic carbocycles. The van der Waals surface area contributed by atoms with E-state index in [2.05, 4.69) is 4.72 Å². The van der Waals surface area contributed by atoms with E-state index in [0.717, 1.165) is 0 Å². The highest BCUT2D eigenvalue weighted by atomic mass is 32.2. The van der Waals surface area contributed by atoms with Gasteiger partial charge in [0.15, 0.2) is 0 Å². The van der Waals surface area contributed by atoms with Crippen LogP contribution in [0.15, 0.2) is 24.3 Å². The van der Waals surface area contributed by atoms with Gasteiger partial charge < -0.3 is 5.73 Å². The zero-order valence-corrected chi connectivity index (χ0v) is 13.1. The largest absolute Gasteiger partial charge is 0.389 e. The smallest absolute Gasteiger partial charge is 0.301 e. The van der Waals surface area contributed by atoms with Crippen LogP contribution >= 0.6 is 12.2 Å². The average molecular weight is 301 g/mol. The molecule has 0 aliphatic heterocycles. The van der Waals surface area contributed by atoms with E-state index >= 15 is 0 Å². The Balaban J connectivity index is 3.10. The summed E-state index contributed by atoms with van der Waals surface area (Å²) in [5, 5.41) is 0. The van der Waals surface area contributed by atoms with Gasteiger partial charge in [-0.15, -0.1) is 0 Å². The Morgan fingerprint density at radius 2 is 1.95 bits per heavy atom. The molecule has 0 amide bonds. The molecule has 19 heavy (non-hydrogen) atoms. The van der Waals surface area contributed by atoms with Gasteiger partial charge in [0, 0.05) is 18.2 Å². The first-order valence-electron chi connectivity index (χ1n) is 5.71. The van der Waals surface area contributed by atoms with Gasteiger partial charge in [-0.05, 0) is 32.9 Å². The number of rotatable bonds is 4. The van der Waals surface area contributed by atoms with Gasteiger partial charge in [0.1, 0.15) is 4.99 Å². The van der Waals surface area contributed by atoms with Crippen LogP contribution in [0.3, 0.4) is 0 Å². The van der Waals surface area contributed by atoms with Crippen molar-refractivity contribution in [2.45, 2.75) is 26.3 Å². The Hall–Kier alpha value is -1.18. The maximum atomic E-state index is 12.2. The SMILES string of the molecule is CN(c1cccc(C(N)=S)c1)S(=O)(=O)NC(C)(C)C. The van der Waals surface area contributed by atoms with E-state index in [0.29, 0.717) is 11.3 Å². The summed E-state index contributed by atoms with van der Waals surface area (Å²) in [4.78, 5) is 0.233. The van der Waals surface area contributed by atoms with Crippen LogP contribution in [0.5, 0.6) is 0 Å². The molecule has 0 aromatic heterocycles. The second kappa shape index (κ2) is 5.44. The molecule has 0 unspecified atom stereocenters. The van der Waals surface area contributed by atoms with Gasteiger partial charge in [0.2, 0.25) is 0 Å². The lowest BCUT2D eigenvalue weighted by Crippen LogP contribution is -2.47. The fraction of sp³-hybridized carbons (Fsp3) is 0.417. The lowest BCUT2D eigenvalue weighted by atomic mass is 10.1. The molecular formula is C12H19N3O2S2. The number of anilines is 1. The van der Waals surface area contributed by atoms with E-state index < -0.39 is 15.7 Å². The van der Waals surface area contributed by atoms with E-state index in [9.17, 15) is 8.42 Å². The molecule has 0 saturated heterocycles. The van der Waals surface area contributed by atoms with Gasteiger partial charge >= 0.3 is 10.2 Å². The fourth-order valence-corrected chi connectivity index (χ4v) is 2.88. The predicted molar refractivity (Wildman–Crippen MR) is 82.5 cm³/mol. The number of hydrogen-bond donors (Lipinski definition) is 2. The zero-order chi connectivity index (χ0) is 14.8. The molecule has 1 rings (SSSR count). The Kier molecular flexibility index (Phi) is 4.54. The highest BCUT2D eigenvalue weighted by Gasteiger charge is 2.24. The summed E-state index contributed by atoms with van der Waals surface area (Å²) in [5.41, 5.74) is 6.13.